The molecule has 0 amide bonds. The van der Waals surface area contributed by atoms with E-state index in [2.05, 4.69) is 57.2 Å². The minimum atomic E-state index is -0.0517. The van der Waals surface area contributed by atoms with E-state index in [0.717, 1.165) is 23.2 Å². The number of halogens is 1. The molecule has 4 rings (SSSR count). The Morgan fingerprint density at radius 3 is 2.93 bits per heavy atom. The number of hydrogen-bond acceptors (Lipinski definition) is 4. The first kappa shape index (κ1) is 20.8. The van der Waals surface area contributed by atoms with Crippen LogP contribution in [0.25, 0.3) is 0 Å². The van der Waals surface area contributed by atoms with E-state index < -0.39 is 0 Å². The van der Waals surface area contributed by atoms with Crippen LogP contribution in [0.5, 0.6) is 0 Å². The van der Waals surface area contributed by atoms with E-state index >= 15 is 0 Å². The van der Waals surface area contributed by atoms with E-state index in [1.165, 1.54) is 18.3 Å². The average molecular weight is 467 g/mol. The Morgan fingerprint density at radius 1 is 1.30 bits per heavy atom. The molecule has 3 aromatic rings. The molecule has 0 spiro atoms. The second kappa shape index (κ2) is 9.13. The normalized spacial score (nSPS) is 21.0. The highest BCUT2D eigenvalue weighted by Gasteiger charge is 2.31. The fourth-order valence-electron chi connectivity index (χ4n) is 4.50. The first-order valence-electron chi connectivity index (χ1n) is 10.5. The summed E-state index contributed by atoms with van der Waals surface area (Å²) in [6.07, 6.45) is 10.4. The van der Waals surface area contributed by atoms with Crippen LogP contribution in [0.2, 0.25) is 0 Å². The number of carbonyl (C=O) groups is 1. The number of anilines is 1. The van der Waals surface area contributed by atoms with Crippen LogP contribution in [0.3, 0.4) is 0 Å². The van der Waals surface area contributed by atoms with Crippen molar-refractivity contribution in [2.75, 3.05) is 5.32 Å². The summed E-state index contributed by atoms with van der Waals surface area (Å²) in [5.74, 6) is 2.02. The van der Waals surface area contributed by atoms with Gasteiger partial charge < -0.3 is 9.88 Å². The molecule has 0 bridgehead atoms. The van der Waals surface area contributed by atoms with E-state index in [1.54, 1.807) is 6.20 Å². The lowest BCUT2D eigenvalue weighted by Crippen LogP contribution is -2.19. The molecule has 1 fully saturated rings. The molecule has 1 aromatic carbocycles. The van der Waals surface area contributed by atoms with Crippen LogP contribution in [0.1, 0.15) is 54.6 Å². The molecule has 0 unspecified atom stereocenters. The quantitative estimate of drug-likeness (QED) is 0.463. The first-order chi connectivity index (χ1) is 14.5. The fraction of sp³-hybridized carbons (Fsp3) is 0.375. The van der Waals surface area contributed by atoms with Gasteiger partial charge in [0, 0.05) is 41.2 Å². The smallest absolute Gasteiger partial charge is 0.199 e. The van der Waals surface area contributed by atoms with Gasteiger partial charge in [-0.1, -0.05) is 48.3 Å². The van der Waals surface area contributed by atoms with Gasteiger partial charge in [-0.2, -0.15) is 0 Å². The predicted octanol–water partition coefficient (Wildman–Crippen LogP) is 5.56. The van der Waals surface area contributed by atoms with Crippen molar-refractivity contribution in [3.05, 3.63) is 76.4 Å². The van der Waals surface area contributed by atoms with Crippen LogP contribution < -0.4 is 5.32 Å². The Bertz CT molecular complexity index is 1030. The molecule has 2 heterocycles. The van der Waals surface area contributed by atoms with E-state index in [4.69, 9.17) is 0 Å². The van der Waals surface area contributed by atoms with Gasteiger partial charge in [-0.15, -0.1) is 0 Å². The summed E-state index contributed by atoms with van der Waals surface area (Å²) in [4.78, 5) is 21.7. The highest BCUT2D eigenvalue weighted by atomic mass is 79.9. The van der Waals surface area contributed by atoms with E-state index in [9.17, 15) is 4.79 Å². The van der Waals surface area contributed by atoms with Crippen molar-refractivity contribution in [2.45, 2.75) is 45.7 Å². The second-order valence-corrected chi connectivity index (χ2v) is 9.19. The SMILES string of the molecule is CC[C@@H]1C[C@@H](Nc2ncncc2C(=O)c2ccn(Cc3cccc(Br)c3)c2)C[C@@H]1C. The van der Waals surface area contributed by atoms with Crippen molar-refractivity contribution >= 4 is 27.5 Å². The number of nitrogens with one attached hydrogen (secondary N) is 1. The maximum absolute atomic E-state index is 13.2. The van der Waals surface area contributed by atoms with Crippen molar-refractivity contribution in [3.8, 4) is 0 Å². The predicted molar refractivity (Wildman–Crippen MR) is 123 cm³/mol. The molecular formula is C24H27BrN4O. The second-order valence-electron chi connectivity index (χ2n) is 8.27. The maximum Gasteiger partial charge on any atom is 0.199 e. The molecule has 0 saturated heterocycles. The van der Waals surface area contributed by atoms with Gasteiger partial charge in [0.1, 0.15) is 12.1 Å². The molecule has 0 aliphatic heterocycles. The molecule has 156 valence electrons. The summed E-state index contributed by atoms with van der Waals surface area (Å²) >= 11 is 3.51. The van der Waals surface area contributed by atoms with Crippen LogP contribution in [0, 0.1) is 11.8 Å². The van der Waals surface area contributed by atoms with Gasteiger partial charge >= 0.3 is 0 Å². The van der Waals surface area contributed by atoms with Gasteiger partial charge in [-0.25, -0.2) is 9.97 Å². The molecule has 0 radical (unpaired) electrons. The molecule has 1 N–H and O–H groups in total. The maximum atomic E-state index is 13.2. The zero-order chi connectivity index (χ0) is 21.1. The molecule has 3 atom stereocenters. The monoisotopic (exact) mass is 466 g/mol. The topological polar surface area (TPSA) is 59.8 Å². The zero-order valence-electron chi connectivity index (χ0n) is 17.4. The summed E-state index contributed by atoms with van der Waals surface area (Å²) in [5, 5.41) is 3.52. The van der Waals surface area contributed by atoms with Crippen molar-refractivity contribution in [3.63, 3.8) is 0 Å². The average Bonchev–Trinajstić information content (AvgIpc) is 3.34. The van der Waals surface area contributed by atoms with Gasteiger partial charge in [0.25, 0.3) is 0 Å². The van der Waals surface area contributed by atoms with Gasteiger partial charge in [-0.3, -0.25) is 4.79 Å². The molecular weight excluding hydrogens is 440 g/mol. The molecule has 1 aliphatic carbocycles. The molecule has 30 heavy (non-hydrogen) atoms. The standard InChI is InChI=1S/C24H27BrN4O/c1-3-18-11-21(9-16(18)2)28-24-22(12-26-15-27-24)23(30)19-7-8-29(14-19)13-17-5-4-6-20(25)10-17/h4-8,10,12,14-16,18,21H,3,9,11,13H2,1-2H3,(H,26,27,28)/t16-,18+,21-/m0/s1. The minimum absolute atomic E-state index is 0.0517. The number of aromatic nitrogens is 3. The summed E-state index contributed by atoms with van der Waals surface area (Å²) in [6, 6.07) is 10.4. The molecule has 6 heteroatoms. The fourth-order valence-corrected chi connectivity index (χ4v) is 4.95. The lowest BCUT2D eigenvalue weighted by molar-refractivity contribution is 0.103. The van der Waals surface area contributed by atoms with Gasteiger partial charge in [-0.05, 0) is 48.4 Å². The van der Waals surface area contributed by atoms with Crippen LogP contribution >= 0.6 is 15.9 Å². The number of benzene rings is 1. The molecule has 5 nitrogen and oxygen atoms in total. The third-order valence-corrected chi connectivity index (χ3v) is 6.63. The third-order valence-electron chi connectivity index (χ3n) is 6.14. The minimum Gasteiger partial charge on any atom is -0.367 e. The molecule has 1 saturated carbocycles. The Kier molecular flexibility index (Phi) is 6.32. The van der Waals surface area contributed by atoms with Crippen LogP contribution in [-0.2, 0) is 6.54 Å². The van der Waals surface area contributed by atoms with Crippen molar-refractivity contribution < 1.29 is 4.79 Å². The summed E-state index contributed by atoms with van der Waals surface area (Å²) in [6.45, 7) is 5.28. The molecule has 1 aliphatic rings. The lowest BCUT2D eigenvalue weighted by atomic mass is 9.96. The van der Waals surface area contributed by atoms with Crippen molar-refractivity contribution in [2.24, 2.45) is 11.8 Å². The largest absolute Gasteiger partial charge is 0.367 e. The van der Waals surface area contributed by atoms with E-state index in [1.807, 2.05) is 35.2 Å². The van der Waals surface area contributed by atoms with Crippen molar-refractivity contribution in [1.82, 2.24) is 14.5 Å². The summed E-state index contributed by atoms with van der Waals surface area (Å²) in [7, 11) is 0. The number of nitrogens with zero attached hydrogens (tertiary/aromatic N) is 3. The highest BCUT2D eigenvalue weighted by molar-refractivity contribution is 9.10. The Morgan fingerprint density at radius 2 is 2.17 bits per heavy atom. The van der Waals surface area contributed by atoms with Gasteiger partial charge in [0.2, 0.25) is 0 Å². The number of hydrogen-bond donors (Lipinski definition) is 1. The number of carbonyl (C=O) groups excluding carboxylic acids is 1. The Labute approximate surface area is 186 Å². The van der Waals surface area contributed by atoms with Crippen LogP contribution in [0.15, 0.2) is 59.7 Å². The third kappa shape index (κ3) is 4.64. The zero-order valence-corrected chi connectivity index (χ0v) is 19.0. The van der Waals surface area contributed by atoms with Crippen molar-refractivity contribution in [1.29, 1.82) is 0 Å². The van der Waals surface area contributed by atoms with Crippen LogP contribution in [-0.4, -0.2) is 26.4 Å². The van der Waals surface area contributed by atoms with E-state index in [-0.39, 0.29) is 5.78 Å². The summed E-state index contributed by atoms with van der Waals surface area (Å²) < 4.78 is 3.07. The number of rotatable bonds is 7. The van der Waals surface area contributed by atoms with Crippen LogP contribution in [0.4, 0.5) is 5.82 Å². The van der Waals surface area contributed by atoms with Gasteiger partial charge in [0.15, 0.2) is 5.78 Å². The number of ketones is 1. The Balaban J connectivity index is 1.50. The van der Waals surface area contributed by atoms with E-state index in [0.29, 0.717) is 35.4 Å². The summed E-state index contributed by atoms with van der Waals surface area (Å²) in [5.41, 5.74) is 2.35. The molecule has 2 aromatic heterocycles. The first-order valence-corrected chi connectivity index (χ1v) is 11.3. The van der Waals surface area contributed by atoms with Gasteiger partial charge in [0.05, 0.1) is 5.56 Å². The lowest BCUT2D eigenvalue weighted by Gasteiger charge is -2.15. The Hall–Kier alpha value is -2.47. The highest BCUT2D eigenvalue weighted by Crippen LogP contribution is 2.35.